The maximum Gasteiger partial charge on any atom is 0.234 e. The third-order valence-electron chi connectivity index (χ3n) is 3.94. The molecule has 0 fully saturated rings. The molecule has 4 rings (SSSR count). The zero-order valence-corrected chi connectivity index (χ0v) is 13.9. The summed E-state index contributed by atoms with van der Waals surface area (Å²) >= 11 is 0. The number of benzene rings is 1. The first-order chi connectivity index (χ1) is 12.6. The average molecular weight is 352 g/mol. The second-order valence-corrected chi connectivity index (χ2v) is 5.84. The first-order valence-electron chi connectivity index (χ1n) is 7.93. The van der Waals surface area contributed by atoms with Crippen molar-refractivity contribution in [1.29, 1.82) is 0 Å². The van der Waals surface area contributed by atoms with Gasteiger partial charge in [0.1, 0.15) is 18.2 Å². The summed E-state index contributed by atoms with van der Waals surface area (Å²) in [4.78, 5) is 12.2. The standard InChI is InChI=1S/C19H14F2N4O/c1-12-6-14(20)2-3-17(12)13-8-23-19-24-15(10-25(19)9-13)11-26-16-4-5-22-18(21)7-16/h2-10H,11H2,1H3. The van der Waals surface area contributed by atoms with Crippen molar-refractivity contribution in [2.75, 3.05) is 0 Å². The summed E-state index contributed by atoms with van der Waals surface area (Å²) in [7, 11) is 0. The van der Waals surface area contributed by atoms with Crippen LogP contribution in [-0.2, 0) is 6.61 Å². The third kappa shape index (κ3) is 3.23. The Balaban J connectivity index is 1.59. The van der Waals surface area contributed by atoms with E-state index in [1.165, 1.54) is 24.4 Å². The van der Waals surface area contributed by atoms with Crippen molar-refractivity contribution in [2.24, 2.45) is 0 Å². The first-order valence-corrected chi connectivity index (χ1v) is 7.93. The Kier molecular flexibility index (Phi) is 4.04. The predicted molar refractivity (Wildman–Crippen MR) is 91.6 cm³/mol. The smallest absolute Gasteiger partial charge is 0.234 e. The van der Waals surface area contributed by atoms with Gasteiger partial charge in [0.05, 0.1) is 5.69 Å². The molecule has 26 heavy (non-hydrogen) atoms. The number of halogens is 2. The van der Waals surface area contributed by atoms with E-state index in [1.807, 2.05) is 13.1 Å². The lowest BCUT2D eigenvalue weighted by atomic mass is 10.0. The molecule has 0 aliphatic heterocycles. The number of aromatic nitrogens is 4. The number of ether oxygens (including phenoxy) is 1. The monoisotopic (exact) mass is 352 g/mol. The molecule has 0 bridgehead atoms. The van der Waals surface area contributed by atoms with Crippen LogP contribution in [0.1, 0.15) is 11.3 Å². The molecule has 7 heteroatoms. The van der Waals surface area contributed by atoms with Gasteiger partial charge < -0.3 is 4.74 Å². The van der Waals surface area contributed by atoms with Gasteiger partial charge in [-0.3, -0.25) is 4.40 Å². The van der Waals surface area contributed by atoms with Crippen LogP contribution < -0.4 is 4.74 Å². The molecule has 0 unspecified atom stereocenters. The van der Waals surface area contributed by atoms with Crippen LogP contribution in [0.4, 0.5) is 8.78 Å². The SMILES string of the molecule is Cc1cc(F)ccc1-c1cnc2nc(COc3ccnc(F)c3)cn2c1. The lowest BCUT2D eigenvalue weighted by Gasteiger charge is -2.06. The molecule has 0 aliphatic carbocycles. The van der Waals surface area contributed by atoms with E-state index in [-0.39, 0.29) is 12.4 Å². The van der Waals surface area contributed by atoms with E-state index >= 15 is 0 Å². The van der Waals surface area contributed by atoms with Crippen LogP contribution in [-0.4, -0.2) is 19.4 Å². The number of fused-ring (bicyclic) bond motifs is 1. The molecule has 0 saturated heterocycles. The van der Waals surface area contributed by atoms with Gasteiger partial charge in [0, 0.05) is 36.4 Å². The summed E-state index contributed by atoms with van der Waals surface area (Å²) in [6.45, 7) is 2.03. The molecular formula is C19H14F2N4O. The fraction of sp³-hybridized carbons (Fsp3) is 0.105. The number of pyridine rings is 1. The van der Waals surface area contributed by atoms with E-state index in [0.717, 1.165) is 16.7 Å². The highest BCUT2D eigenvalue weighted by Gasteiger charge is 2.08. The van der Waals surface area contributed by atoms with Gasteiger partial charge in [0.15, 0.2) is 0 Å². The number of rotatable bonds is 4. The van der Waals surface area contributed by atoms with E-state index in [4.69, 9.17) is 4.74 Å². The van der Waals surface area contributed by atoms with E-state index < -0.39 is 5.95 Å². The van der Waals surface area contributed by atoms with Crippen molar-refractivity contribution in [3.8, 4) is 16.9 Å². The van der Waals surface area contributed by atoms with E-state index in [9.17, 15) is 8.78 Å². The van der Waals surface area contributed by atoms with Gasteiger partial charge in [-0.25, -0.2) is 19.3 Å². The van der Waals surface area contributed by atoms with Crippen molar-refractivity contribution in [2.45, 2.75) is 13.5 Å². The second-order valence-electron chi connectivity index (χ2n) is 5.84. The second kappa shape index (κ2) is 6.51. The number of hydrogen-bond acceptors (Lipinski definition) is 4. The lowest BCUT2D eigenvalue weighted by molar-refractivity contribution is 0.299. The van der Waals surface area contributed by atoms with E-state index in [2.05, 4.69) is 15.0 Å². The number of aryl methyl sites for hydroxylation is 1. The molecule has 1 aromatic carbocycles. The Hall–Kier alpha value is -3.35. The molecule has 5 nitrogen and oxygen atoms in total. The summed E-state index contributed by atoms with van der Waals surface area (Å²) in [6, 6.07) is 7.43. The normalized spacial score (nSPS) is 11.0. The first kappa shape index (κ1) is 16.1. The molecular weight excluding hydrogens is 338 g/mol. The van der Waals surface area contributed by atoms with E-state index in [0.29, 0.717) is 17.2 Å². The molecule has 0 amide bonds. The third-order valence-corrected chi connectivity index (χ3v) is 3.94. The summed E-state index contributed by atoms with van der Waals surface area (Å²) in [6.07, 6.45) is 6.71. The van der Waals surface area contributed by atoms with Gasteiger partial charge in [-0.15, -0.1) is 0 Å². The van der Waals surface area contributed by atoms with Crippen molar-refractivity contribution in [3.63, 3.8) is 0 Å². The molecule has 3 heterocycles. The summed E-state index contributed by atoms with van der Waals surface area (Å²) < 4.78 is 33.7. The van der Waals surface area contributed by atoms with Gasteiger partial charge in [-0.05, 0) is 36.2 Å². The highest BCUT2D eigenvalue weighted by Crippen LogP contribution is 2.23. The Morgan fingerprint density at radius 1 is 1.08 bits per heavy atom. The van der Waals surface area contributed by atoms with Crippen molar-refractivity contribution in [3.05, 3.63) is 78.1 Å². The number of nitrogens with zero attached hydrogens (tertiary/aromatic N) is 4. The Morgan fingerprint density at radius 2 is 1.96 bits per heavy atom. The Morgan fingerprint density at radius 3 is 2.77 bits per heavy atom. The molecule has 0 N–H and O–H groups in total. The summed E-state index contributed by atoms with van der Waals surface area (Å²) in [5.74, 6) is 0.0338. The molecule has 0 atom stereocenters. The highest BCUT2D eigenvalue weighted by atomic mass is 19.1. The molecule has 4 aromatic rings. The molecule has 3 aromatic heterocycles. The predicted octanol–water partition coefficient (Wildman–Crippen LogP) is 3.96. The van der Waals surface area contributed by atoms with Gasteiger partial charge >= 0.3 is 0 Å². The van der Waals surface area contributed by atoms with Crippen LogP contribution in [0.5, 0.6) is 5.75 Å². The number of imidazole rings is 1. The topological polar surface area (TPSA) is 52.3 Å². The van der Waals surface area contributed by atoms with Crippen molar-refractivity contribution in [1.82, 2.24) is 19.4 Å². The summed E-state index contributed by atoms with van der Waals surface area (Å²) in [5.41, 5.74) is 3.24. The van der Waals surface area contributed by atoms with Crippen LogP contribution in [0, 0.1) is 18.7 Å². The number of hydrogen-bond donors (Lipinski definition) is 0. The maximum atomic E-state index is 13.3. The fourth-order valence-electron chi connectivity index (χ4n) is 2.73. The summed E-state index contributed by atoms with van der Waals surface area (Å²) in [5, 5.41) is 0. The average Bonchev–Trinajstić information content (AvgIpc) is 3.02. The fourth-order valence-corrected chi connectivity index (χ4v) is 2.73. The maximum absolute atomic E-state index is 13.3. The van der Waals surface area contributed by atoms with Crippen LogP contribution in [0.15, 0.2) is 55.1 Å². The largest absolute Gasteiger partial charge is 0.487 e. The Labute approximate surface area is 147 Å². The van der Waals surface area contributed by atoms with Crippen LogP contribution >= 0.6 is 0 Å². The zero-order chi connectivity index (χ0) is 18.1. The van der Waals surface area contributed by atoms with Crippen molar-refractivity contribution >= 4 is 5.78 Å². The minimum absolute atomic E-state index is 0.178. The van der Waals surface area contributed by atoms with Crippen LogP contribution in [0.3, 0.4) is 0 Å². The van der Waals surface area contributed by atoms with E-state index in [1.54, 1.807) is 28.9 Å². The van der Waals surface area contributed by atoms with Gasteiger partial charge in [0.25, 0.3) is 0 Å². The van der Waals surface area contributed by atoms with Gasteiger partial charge in [-0.2, -0.15) is 4.39 Å². The molecule has 130 valence electrons. The van der Waals surface area contributed by atoms with Gasteiger partial charge in [-0.1, -0.05) is 6.07 Å². The quantitative estimate of drug-likeness (QED) is 0.522. The van der Waals surface area contributed by atoms with Crippen molar-refractivity contribution < 1.29 is 13.5 Å². The van der Waals surface area contributed by atoms with Crippen LogP contribution in [0.25, 0.3) is 16.9 Å². The highest BCUT2D eigenvalue weighted by molar-refractivity contribution is 5.66. The van der Waals surface area contributed by atoms with Crippen LogP contribution in [0.2, 0.25) is 0 Å². The molecule has 0 saturated carbocycles. The minimum Gasteiger partial charge on any atom is -0.487 e. The Bertz CT molecular complexity index is 1090. The molecule has 0 radical (unpaired) electrons. The zero-order valence-electron chi connectivity index (χ0n) is 13.9. The molecule has 0 aliphatic rings. The lowest BCUT2D eigenvalue weighted by Crippen LogP contribution is -1.96. The molecule has 0 spiro atoms. The minimum atomic E-state index is -0.599. The van der Waals surface area contributed by atoms with Gasteiger partial charge in [0.2, 0.25) is 11.7 Å².